The minimum Gasteiger partial charge on any atom is -0.387 e. The van der Waals surface area contributed by atoms with Gasteiger partial charge < -0.3 is 30.5 Å². The normalized spacial score (nSPS) is 28.5. The van der Waals surface area contributed by atoms with Crippen LogP contribution in [0.4, 0.5) is 5.82 Å². The van der Waals surface area contributed by atoms with E-state index >= 15 is 0 Å². The SMILES string of the molecule is Nc1ncnc2c1ncn2[C@@H]1O[C@H](COP(=O)(O)O)[C@H](O)[C@@H]1O. The summed E-state index contributed by atoms with van der Waals surface area (Å²) in [6, 6.07) is 0. The van der Waals surface area contributed by atoms with Gasteiger partial charge in [0.15, 0.2) is 17.7 Å². The first-order valence-electron chi connectivity index (χ1n) is 6.42. The van der Waals surface area contributed by atoms with E-state index in [1.807, 2.05) is 0 Å². The lowest BCUT2D eigenvalue weighted by Crippen LogP contribution is -2.33. The van der Waals surface area contributed by atoms with Crippen molar-refractivity contribution in [1.82, 2.24) is 19.5 Å². The molecule has 13 heteroatoms. The highest BCUT2D eigenvalue weighted by Crippen LogP contribution is 2.38. The summed E-state index contributed by atoms with van der Waals surface area (Å²) in [7, 11) is -4.72. The van der Waals surface area contributed by atoms with E-state index in [0.29, 0.717) is 5.52 Å². The van der Waals surface area contributed by atoms with Crippen molar-refractivity contribution >= 4 is 24.8 Å². The summed E-state index contributed by atoms with van der Waals surface area (Å²) in [5.41, 5.74) is 6.25. The molecule has 126 valence electrons. The Labute approximate surface area is 128 Å². The number of nitrogens with two attached hydrogens (primary N) is 1. The maximum atomic E-state index is 10.7. The van der Waals surface area contributed by atoms with Gasteiger partial charge in [0.25, 0.3) is 0 Å². The van der Waals surface area contributed by atoms with Gasteiger partial charge >= 0.3 is 7.82 Å². The number of nitrogen functional groups attached to an aromatic ring is 1. The average Bonchev–Trinajstić information content (AvgIpc) is 3.01. The Balaban J connectivity index is 1.85. The van der Waals surface area contributed by atoms with Gasteiger partial charge in [0.1, 0.15) is 30.2 Å². The van der Waals surface area contributed by atoms with Gasteiger partial charge in [0, 0.05) is 0 Å². The molecule has 1 saturated heterocycles. The van der Waals surface area contributed by atoms with Crippen molar-refractivity contribution in [2.24, 2.45) is 0 Å². The van der Waals surface area contributed by atoms with Crippen LogP contribution in [-0.2, 0) is 13.8 Å². The summed E-state index contributed by atoms with van der Waals surface area (Å²) in [6.07, 6.45) is -2.49. The number of phosphoric acid groups is 1. The Bertz CT molecular complexity index is 763. The number of aliphatic hydroxyl groups excluding tert-OH is 2. The molecule has 0 amide bonds. The number of aliphatic hydroxyl groups is 2. The first kappa shape index (κ1) is 16.2. The van der Waals surface area contributed by atoms with Crippen LogP contribution in [0.1, 0.15) is 6.23 Å². The molecule has 0 spiro atoms. The molecule has 1 aliphatic heterocycles. The summed E-state index contributed by atoms with van der Waals surface area (Å²) in [6.45, 7) is -0.594. The number of aromatic nitrogens is 4. The number of rotatable bonds is 4. The zero-order chi connectivity index (χ0) is 16.8. The van der Waals surface area contributed by atoms with Crippen LogP contribution in [0.5, 0.6) is 0 Å². The van der Waals surface area contributed by atoms with E-state index in [2.05, 4.69) is 19.5 Å². The Morgan fingerprint density at radius 1 is 1.30 bits per heavy atom. The maximum Gasteiger partial charge on any atom is 0.469 e. The highest BCUT2D eigenvalue weighted by atomic mass is 31.2. The maximum absolute atomic E-state index is 10.7. The van der Waals surface area contributed by atoms with Crippen molar-refractivity contribution in [3.63, 3.8) is 0 Å². The van der Waals surface area contributed by atoms with Crippen LogP contribution >= 0.6 is 7.82 Å². The summed E-state index contributed by atoms with van der Waals surface area (Å²) >= 11 is 0. The van der Waals surface area contributed by atoms with Gasteiger partial charge in [-0.1, -0.05) is 0 Å². The first-order chi connectivity index (χ1) is 10.8. The highest BCUT2D eigenvalue weighted by Gasteiger charge is 2.45. The van der Waals surface area contributed by atoms with Crippen LogP contribution in [0.2, 0.25) is 0 Å². The van der Waals surface area contributed by atoms with Crippen LogP contribution < -0.4 is 5.73 Å². The fraction of sp³-hybridized carbons (Fsp3) is 0.500. The van der Waals surface area contributed by atoms with Crippen LogP contribution in [0.15, 0.2) is 12.7 Å². The van der Waals surface area contributed by atoms with Crippen LogP contribution in [0.3, 0.4) is 0 Å². The van der Waals surface area contributed by atoms with Gasteiger partial charge in [0.05, 0.1) is 12.9 Å². The van der Waals surface area contributed by atoms with E-state index in [1.165, 1.54) is 17.2 Å². The fourth-order valence-corrected chi connectivity index (χ4v) is 2.66. The number of anilines is 1. The van der Waals surface area contributed by atoms with Gasteiger partial charge in [-0.3, -0.25) is 9.09 Å². The number of imidazole rings is 1. The molecule has 0 aromatic carbocycles. The molecule has 4 atom stereocenters. The Morgan fingerprint density at radius 2 is 2.04 bits per heavy atom. The van der Waals surface area contributed by atoms with E-state index in [0.717, 1.165) is 0 Å². The van der Waals surface area contributed by atoms with Crippen molar-refractivity contribution < 1.29 is 33.8 Å². The topological polar surface area (TPSA) is 186 Å². The third-order valence-corrected chi connectivity index (χ3v) is 3.89. The molecule has 23 heavy (non-hydrogen) atoms. The zero-order valence-corrected chi connectivity index (χ0v) is 12.4. The minimum atomic E-state index is -4.72. The second-order valence-electron chi connectivity index (χ2n) is 4.92. The van der Waals surface area contributed by atoms with Gasteiger partial charge in [-0.2, -0.15) is 0 Å². The van der Waals surface area contributed by atoms with Gasteiger partial charge in [-0.05, 0) is 0 Å². The molecule has 3 rings (SSSR count). The largest absolute Gasteiger partial charge is 0.469 e. The second-order valence-corrected chi connectivity index (χ2v) is 6.15. The lowest BCUT2D eigenvalue weighted by molar-refractivity contribution is -0.0504. The van der Waals surface area contributed by atoms with Crippen LogP contribution in [0, 0.1) is 0 Å². The number of hydrogen-bond acceptors (Lipinski definition) is 9. The van der Waals surface area contributed by atoms with E-state index in [-0.39, 0.29) is 11.5 Å². The number of phosphoric ester groups is 1. The average molecular weight is 347 g/mol. The number of fused-ring (bicyclic) bond motifs is 1. The molecule has 1 fully saturated rings. The number of ether oxygens (including phenoxy) is 1. The minimum absolute atomic E-state index is 0.142. The zero-order valence-electron chi connectivity index (χ0n) is 11.5. The van der Waals surface area contributed by atoms with Gasteiger partial charge in [-0.25, -0.2) is 19.5 Å². The van der Waals surface area contributed by atoms with E-state index in [1.54, 1.807) is 0 Å². The molecule has 2 aromatic heterocycles. The van der Waals surface area contributed by atoms with E-state index < -0.39 is 39.0 Å². The fourth-order valence-electron chi connectivity index (χ4n) is 2.32. The molecule has 0 saturated carbocycles. The molecule has 3 heterocycles. The van der Waals surface area contributed by atoms with Crippen molar-refractivity contribution in [2.45, 2.75) is 24.5 Å². The Morgan fingerprint density at radius 3 is 2.74 bits per heavy atom. The van der Waals surface area contributed by atoms with E-state index in [4.69, 9.17) is 20.3 Å². The molecule has 12 nitrogen and oxygen atoms in total. The lowest BCUT2D eigenvalue weighted by Gasteiger charge is -2.16. The molecular weight excluding hydrogens is 333 g/mol. The van der Waals surface area contributed by atoms with Gasteiger partial charge in [-0.15, -0.1) is 0 Å². The third-order valence-electron chi connectivity index (χ3n) is 3.41. The smallest absolute Gasteiger partial charge is 0.387 e. The molecule has 1 aliphatic rings. The van der Waals surface area contributed by atoms with Crippen molar-refractivity contribution in [3.8, 4) is 0 Å². The van der Waals surface area contributed by atoms with Crippen molar-refractivity contribution in [3.05, 3.63) is 12.7 Å². The van der Waals surface area contributed by atoms with Crippen molar-refractivity contribution in [1.29, 1.82) is 0 Å². The van der Waals surface area contributed by atoms with Crippen molar-refractivity contribution in [2.75, 3.05) is 12.3 Å². The predicted molar refractivity (Wildman–Crippen MR) is 73.7 cm³/mol. The quantitative estimate of drug-likeness (QED) is 0.390. The first-order valence-corrected chi connectivity index (χ1v) is 7.95. The van der Waals surface area contributed by atoms with Crippen LogP contribution in [0.25, 0.3) is 11.2 Å². The number of nitrogens with zero attached hydrogens (tertiary/aromatic N) is 4. The second kappa shape index (κ2) is 5.76. The summed E-state index contributed by atoms with van der Waals surface area (Å²) < 4.78 is 21.8. The highest BCUT2D eigenvalue weighted by molar-refractivity contribution is 7.46. The predicted octanol–water partition coefficient (Wildman–Crippen LogP) is -1.86. The molecule has 0 aliphatic carbocycles. The molecular formula is C10H14N5O7P. The summed E-state index contributed by atoms with van der Waals surface area (Å²) in [4.78, 5) is 29.2. The molecule has 0 radical (unpaired) electrons. The summed E-state index contributed by atoms with van der Waals surface area (Å²) in [5.74, 6) is 0.142. The Hall–Kier alpha value is -1.66. The Kier molecular flexibility index (Phi) is 4.06. The van der Waals surface area contributed by atoms with Gasteiger partial charge in [0.2, 0.25) is 0 Å². The number of hydrogen-bond donors (Lipinski definition) is 5. The molecule has 0 unspecified atom stereocenters. The molecule has 6 N–H and O–H groups in total. The van der Waals surface area contributed by atoms with Crippen LogP contribution in [-0.4, -0.2) is 64.4 Å². The lowest BCUT2D eigenvalue weighted by atomic mass is 10.1. The summed E-state index contributed by atoms with van der Waals surface area (Å²) in [5, 5.41) is 20.1. The third kappa shape index (κ3) is 3.05. The standard InChI is InChI=1S/C10H14N5O7P/c11-8-5-9(13-2-12-8)15(3-14-5)10-7(17)6(16)4(22-10)1-21-23(18,19)20/h2-4,6-7,10,16-17H,1H2,(H2,11,12,13)(H2,18,19,20)/t4-,6+,7+,10-/m1/s1. The monoisotopic (exact) mass is 347 g/mol. The molecule has 0 bridgehead atoms. The molecule has 2 aromatic rings. The van der Waals surface area contributed by atoms with E-state index in [9.17, 15) is 14.8 Å².